The molecule has 0 radical (unpaired) electrons. The quantitative estimate of drug-likeness (QED) is 0.600. The number of carbonyl (C=O) groups excluding carboxylic acids is 1. The van der Waals surface area contributed by atoms with E-state index in [0.717, 1.165) is 16.9 Å². The maximum absolute atomic E-state index is 12.3. The van der Waals surface area contributed by atoms with Crippen molar-refractivity contribution in [2.75, 3.05) is 7.11 Å². The number of benzene rings is 1. The van der Waals surface area contributed by atoms with Gasteiger partial charge in [-0.25, -0.2) is 4.98 Å². The number of carbonyl (C=O) groups is 1. The number of nitrogens with one attached hydrogen (secondary N) is 1. The summed E-state index contributed by atoms with van der Waals surface area (Å²) < 4.78 is 12.4. The van der Waals surface area contributed by atoms with Crippen molar-refractivity contribution in [1.29, 1.82) is 0 Å². The van der Waals surface area contributed by atoms with Crippen LogP contribution in [-0.4, -0.2) is 27.6 Å². The van der Waals surface area contributed by atoms with Gasteiger partial charge in [0.1, 0.15) is 11.6 Å². The van der Waals surface area contributed by atoms with E-state index in [1.807, 2.05) is 53.1 Å². The van der Waals surface area contributed by atoms with Gasteiger partial charge < -0.3 is 19.0 Å². The first-order valence-corrected chi connectivity index (χ1v) is 8.05. The third-order valence-corrected chi connectivity index (χ3v) is 4.02. The number of hydrogen-bond acceptors (Lipinski definition) is 5. The number of rotatable bonds is 5. The van der Waals surface area contributed by atoms with Crippen molar-refractivity contribution in [3.05, 3.63) is 72.4 Å². The second kappa shape index (κ2) is 6.72. The van der Waals surface area contributed by atoms with Gasteiger partial charge >= 0.3 is 0 Å². The molecule has 0 aliphatic carbocycles. The van der Waals surface area contributed by atoms with Crippen LogP contribution < -0.4 is 10.1 Å². The summed E-state index contributed by atoms with van der Waals surface area (Å²) >= 11 is 0. The van der Waals surface area contributed by atoms with Gasteiger partial charge in [0.05, 0.1) is 25.4 Å². The molecule has 1 aromatic carbocycles. The Morgan fingerprint density at radius 3 is 3.04 bits per heavy atom. The second-order valence-electron chi connectivity index (χ2n) is 5.66. The lowest BCUT2D eigenvalue weighted by Crippen LogP contribution is -2.24. The molecular weight excluding hydrogens is 332 g/mol. The summed E-state index contributed by atoms with van der Waals surface area (Å²) in [6.45, 7) is 0.290. The van der Waals surface area contributed by atoms with Crippen LogP contribution in [0, 0.1) is 0 Å². The third kappa shape index (κ3) is 3.02. The van der Waals surface area contributed by atoms with Crippen molar-refractivity contribution in [1.82, 2.24) is 19.9 Å². The van der Waals surface area contributed by atoms with Gasteiger partial charge in [0, 0.05) is 17.8 Å². The van der Waals surface area contributed by atoms with Crippen molar-refractivity contribution < 1.29 is 14.1 Å². The molecule has 130 valence electrons. The van der Waals surface area contributed by atoms with Gasteiger partial charge in [-0.15, -0.1) is 0 Å². The topological polar surface area (TPSA) is 81.7 Å². The maximum Gasteiger partial charge on any atom is 0.273 e. The predicted octanol–water partition coefficient (Wildman–Crippen LogP) is 2.93. The summed E-state index contributed by atoms with van der Waals surface area (Å²) in [6.07, 6.45) is 3.67. The van der Waals surface area contributed by atoms with Crippen LogP contribution in [0.3, 0.4) is 0 Å². The number of methoxy groups -OCH3 is 1. The number of amides is 1. The van der Waals surface area contributed by atoms with Crippen LogP contribution in [0.4, 0.5) is 0 Å². The summed E-state index contributed by atoms with van der Waals surface area (Å²) in [5, 5.41) is 6.67. The Kier molecular flexibility index (Phi) is 4.10. The third-order valence-electron chi connectivity index (χ3n) is 4.02. The summed E-state index contributed by atoms with van der Waals surface area (Å²) in [6, 6.07) is 14.8. The first-order valence-electron chi connectivity index (χ1n) is 8.05. The highest BCUT2D eigenvalue weighted by molar-refractivity contribution is 5.93. The predicted molar refractivity (Wildman–Crippen MR) is 94.9 cm³/mol. The molecular formula is C19H16N4O3. The van der Waals surface area contributed by atoms with Crippen molar-refractivity contribution >= 4 is 11.4 Å². The van der Waals surface area contributed by atoms with Crippen LogP contribution in [0.5, 0.6) is 5.75 Å². The van der Waals surface area contributed by atoms with E-state index >= 15 is 0 Å². The fraction of sp³-hybridized carbons (Fsp3) is 0.105. The Morgan fingerprint density at radius 2 is 2.15 bits per heavy atom. The Balaban J connectivity index is 1.48. The van der Waals surface area contributed by atoms with Gasteiger partial charge in [0.15, 0.2) is 11.5 Å². The number of ether oxygens (including phenoxy) is 1. The summed E-state index contributed by atoms with van der Waals surface area (Å²) in [5.74, 6) is 1.62. The molecule has 0 aliphatic heterocycles. The first-order chi connectivity index (χ1) is 12.7. The number of pyridine rings is 1. The largest absolute Gasteiger partial charge is 0.497 e. The van der Waals surface area contributed by atoms with E-state index < -0.39 is 0 Å². The minimum absolute atomic E-state index is 0.212. The molecule has 7 nitrogen and oxygen atoms in total. The smallest absolute Gasteiger partial charge is 0.273 e. The molecule has 4 rings (SSSR count). The number of hydrogen-bond donors (Lipinski definition) is 1. The molecule has 26 heavy (non-hydrogen) atoms. The molecule has 1 amide bonds. The molecule has 0 spiro atoms. The fourth-order valence-corrected chi connectivity index (χ4v) is 2.67. The molecule has 0 aliphatic rings. The molecule has 0 unspecified atom stereocenters. The molecule has 4 aromatic rings. The zero-order chi connectivity index (χ0) is 17.9. The van der Waals surface area contributed by atoms with E-state index in [1.165, 1.54) is 0 Å². The lowest BCUT2D eigenvalue weighted by atomic mass is 10.1. The van der Waals surface area contributed by atoms with Crippen LogP contribution in [-0.2, 0) is 6.54 Å². The van der Waals surface area contributed by atoms with Gasteiger partial charge in [-0.05, 0) is 24.3 Å². The molecule has 3 aromatic heterocycles. The number of fused-ring (bicyclic) bond motifs is 1. The van der Waals surface area contributed by atoms with Gasteiger partial charge in [-0.3, -0.25) is 4.79 Å². The van der Waals surface area contributed by atoms with Gasteiger partial charge in [0.2, 0.25) is 0 Å². The molecule has 0 fully saturated rings. The molecule has 7 heteroatoms. The lowest BCUT2D eigenvalue weighted by molar-refractivity contribution is 0.0941. The molecule has 0 atom stereocenters. The van der Waals surface area contributed by atoms with E-state index in [2.05, 4.69) is 15.5 Å². The monoisotopic (exact) mass is 348 g/mol. The molecule has 0 saturated carbocycles. The van der Waals surface area contributed by atoms with Crippen molar-refractivity contribution in [3.8, 4) is 17.1 Å². The van der Waals surface area contributed by atoms with Crippen LogP contribution in [0.15, 0.2) is 65.4 Å². The zero-order valence-electron chi connectivity index (χ0n) is 14.0. The standard InChI is InChI=1S/C19H16N4O3/c1-25-15-7-4-5-13(9-15)17-10-16(22-26-17)19(24)21-12-18-20-11-14-6-2-3-8-23(14)18/h2-11H,12H2,1H3,(H,21,24). The number of nitrogens with zero attached hydrogens (tertiary/aromatic N) is 3. The van der Waals surface area contributed by atoms with E-state index in [-0.39, 0.29) is 11.6 Å². The Labute approximate surface area is 149 Å². The van der Waals surface area contributed by atoms with Crippen molar-refractivity contribution in [3.63, 3.8) is 0 Å². The molecule has 1 N–H and O–H groups in total. The van der Waals surface area contributed by atoms with Crippen LogP contribution >= 0.6 is 0 Å². The SMILES string of the molecule is COc1cccc(-c2cc(C(=O)NCc3ncc4ccccn34)no2)c1. The van der Waals surface area contributed by atoms with Gasteiger partial charge in [-0.2, -0.15) is 0 Å². The number of aromatic nitrogens is 3. The highest BCUT2D eigenvalue weighted by Gasteiger charge is 2.15. The summed E-state index contributed by atoms with van der Waals surface area (Å²) in [5.41, 5.74) is 1.97. The Morgan fingerprint density at radius 1 is 1.23 bits per heavy atom. The van der Waals surface area contributed by atoms with Crippen molar-refractivity contribution in [2.24, 2.45) is 0 Å². The maximum atomic E-state index is 12.3. The van der Waals surface area contributed by atoms with E-state index in [9.17, 15) is 4.79 Å². The average molecular weight is 348 g/mol. The van der Waals surface area contributed by atoms with E-state index in [0.29, 0.717) is 18.1 Å². The van der Waals surface area contributed by atoms with Gasteiger partial charge in [0.25, 0.3) is 5.91 Å². The van der Waals surface area contributed by atoms with Crippen LogP contribution in [0.2, 0.25) is 0 Å². The highest BCUT2D eigenvalue weighted by Crippen LogP contribution is 2.24. The minimum atomic E-state index is -0.324. The Bertz CT molecular complexity index is 1070. The van der Waals surface area contributed by atoms with E-state index in [1.54, 1.807) is 19.4 Å². The molecule has 0 saturated heterocycles. The summed E-state index contributed by atoms with van der Waals surface area (Å²) in [4.78, 5) is 16.7. The van der Waals surface area contributed by atoms with Crippen molar-refractivity contribution in [2.45, 2.75) is 6.54 Å². The van der Waals surface area contributed by atoms with Gasteiger partial charge in [-0.1, -0.05) is 23.4 Å². The summed E-state index contributed by atoms with van der Waals surface area (Å²) in [7, 11) is 1.59. The number of imidazole rings is 1. The average Bonchev–Trinajstić information content (AvgIpc) is 3.34. The Hall–Kier alpha value is -3.61. The minimum Gasteiger partial charge on any atom is -0.497 e. The normalized spacial score (nSPS) is 10.8. The van der Waals surface area contributed by atoms with Crippen LogP contribution in [0.1, 0.15) is 16.3 Å². The van der Waals surface area contributed by atoms with E-state index in [4.69, 9.17) is 9.26 Å². The van der Waals surface area contributed by atoms with Crippen LogP contribution in [0.25, 0.3) is 16.8 Å². The lowest BCUT2D eigenvalue weighted by Gasteiger charge is -2.02. The first kappa shape index (κ1) is 15.9. The fourth-order valence-electron chi connectivity index (χ4n) is 2.67. The highest BCUT2D eigenvalue weighted by atomic mass is 16.5. The second-order valence-corrected chi connectivity index (χ2v) is 5.66. The zero-order valence-corrected chi connectivity index (χ0v) is 14.0. The molecule has 3 heterocycles. The molecule has 0 bridgehead atoms.